The maximum Gasteiger partial charge on any atom is 0.239 e. The summed E-state index contributed by atoms with van der Waals surface area (Å²) in [6, 6.07) is 3.68. The Bertz CT molecular complexity index is 382. The van der Waals surface area contributed by atoms with Gasteiger partial charge in [0.05, 0.1) is 12.8 Å². The molecule has 1 N–H and O–H groups in total. The van der Waals surface area contributed by atoms with E-state index >= 15 is 0 Å². The number of ether oxygens (including phenoxy) is 1. The van der Waals surface area contributed by atoms with Crippen molar-refractivity contribution < 1.29 is 9.53 Å². The second-order valence-corrected chi connectivity index (χ2v) is 4.16. The molecular formula is C10H11BrClNO2. The van der Waals surface area contributed by atoms with Crippen LogP contribution < -0.4 is 10.1 Å². The van der Waals surface area contributed by atoms with Crippen LogP contribution in [0.15, 0.2) is 16.6 Å². The minimum atomic E-state index is -0.250. The average Bonchev–Trinajstić information content (AvgIpc) is 2.21. The molecular weight excluding hydrogens is 281 g/mol. The van der Waals surface area contributed by atoms with Crippen LogP contribution in [0.2, 0.25) is 0 Å². The van der Waals surface area contributed by atoms with Crippen LogP contribution >= 0.6 is 27.5 Å². The van der Waals surface area contributed by atoms with Gasteiger partial charge in [-0.2, -0.15) is 0 Å². The Kier molecular flexibility index (Phi) is 4.42. The first-order chi connectivity index (χ1) is 7.08. The monoisotopic (exact) mass is 291 g/mol. The second kappa shape index (κ2) is 5.37. The van der Waals surface area contributed by atoms with Crippen LogP contribution in [-0.2, 0) is 4.79 Å². The predicted octanol–water partition coefficient (Wildman–Crippen LogP) is 2.94. The number of rotatable bonds is 3. The molecule has 1 aromatic carbocycles. The van der Waals surface area contributed by atoms with Gasteiger partial charge in [0.2, 0.25) is 5.91 Å². The summed E-state index contributed by atoms with van der Waals surface area (Å²) in [6.07, 6.45) is 0. The fourth-order valence-corrected chi connectivity index (χ4v) is 1.82. The molecule has 0 bridgehead atoms. The molecule has 0 heterocycles. The molecule has 0 atom stereocenters. The molecule has 0 aromatic heterocycles. The van der Waals surface area contributed by atoms with Gasteiger partial charge in [-0.3, -0.25) is 4.79 Å². The van der Waals surface area contributed by atoms with Crippen molar-refractivity contribution in [2.75, 3.05) is 18.3 Å². The van der Waals surface area contributed by atoms with Crippen LogP contribution in [0.5, 0.6) is 5.75 Å². The van der Waals surface area contributed by atoms with E-state index in [-0.39, 0.29) is 11.8 Å². The molecule has 0 spiro atoms. The molecule has 1 amide bonds. The van der Waals surface area contributed by atoms with Gasteiger partial charge < -0.3 is 10.1 Å². The van der Waals surface area contributed by atoms with Gasteiger partial charge in [0.1, 0.15) is 11.6 Å². The highest BCUT2D eigenvalue weighted by Crippen LogP contribution is 2.31. The standard InChI is InChI=1S/C10H11BrClNO2/c1-6-3-7(11)4-8(15-2)10(6)13-9(14)5-12/h3-4H,5H2,1-2H3,(H,13,14). The normalized spacial score (nSPS) is 9.87. The van der Waals surface area contributed by atoms with E-state index in [1.807, 2.05) is 13.0 Å². The zero-order valence-electron chi connectivity index (χ0n) is 8.43. The first-order valence-corrected chi connectivity index (χ1v) is 5.61. The van der Waals surface area contributed by atoms with Crippen molar-refractivity contribution in [1.82, 2.24) is 0 Å². The minimum absolute atomic E-state index is 0.0708. The predicted molar refractivity (Wildman–Crippen MR) is 64.8 cm³/mol. The molecule has 5 heteroatoms. The molecule has 1 rings (SSSR count). The van der Waals surface area contributed by atoms with Gasteiger partial charge in [0.25, 0.3) is 0 Å². The maximum absolute atomic E-state index is 11.2. The maximum atomic E-state index is 11.2. The van der Waals surface area contributed by atoms with Crippen molar-refractivity contribution in [3.63, 3.8) is 0 Å². The van der Waals surface area contributed by atoms with Crippen LogP contribution in [0.3, 0.4) is 0 Å². The smallest absolute Gasteiger partial charge is 0.239 e. The van der Waals surface area contributed by atoms with Gasteiger partial charge >= 0.3 is 0 Å². The number of halogens is 2. The Morgan fingerprint density at radius 2 is 2.27 bits per heavy atom. The highest BCUT2D eigenvalue weighted by Gasteiger charge is 2.10. The lowest BCUT2D eigenvalue weighted by atomic mass is 10.2. The third-order valence-electron chi connectivity index (χ3n) is 1.87. The van der Waals surface area contributed by atoms with Gasteiger partial charge in [0.15, 0.2) is 0 Å². The third-order valence-corrected chi connectivity index (χ3v) is 2.57. The van der Waals surface area contributed by atoms with E-state index in [0.29, 0.717) is 11.4 Å². The van der Waals surface area contributed by atoms with Crippen LogP contribution in [0, 0.1) is 6.92 Å². The molecule has 0 saturated heterocycles. The summed E-state index contributed by atoms with van der Waals surface area (Å²) in [5.41, 5.74) is 1.58. The lowest BCUT2D eigenvalue weighted by Crippen LogP contribution is -2.14. The molecule has 82 valence electrons. The molecule has 1 aromatic rings. The number of carbonyl (C=O) groups excluding carboxylic acids is 1. The number of aryl methyl sites for hydroxylation is 1. The Morgan fingerprint density at radius 3 is 2.80 bits per heavy atom. The molecule has 0 aliphatic carbocycles. The van der Waals surface area contributed by atoms with E-state index in [2.05, 4.69) is 21.2 Å². The van der Waals surface area contributed by atoms with Crippen molar-refractivity contribution in [2.24, 2.45) is 0 Å². The van der Waals surface area contributed by atoms with Crippen molar-refractivity contribution in [3.05, 3.63) is 22.2 Å². The number of carbonyl (C=O) groups is 1. The fourth-order valence-electron chi connectivity index (χ4n) is 1.21. The van der Waals surface area contributed by atoms with Gasteiger partial charge in [-0.25, -0.2) is 0 Å². The lowest BCUT2D eigenvalue weighted by Gasteiger charge is -2.12. The molecule has 15 heavy (non-hydrogen) atoms. The van der Waals surface area contributed by atoms with Crippen molar-refractivity contribution in [2.45, 2.75) is 6.92 Å². The number of benzene rings is 1. The summed E-state index contributed by atoms with van der Waals surface area (Å²) in [4.78, 5) is 11.2. The number of anilines is 1. The number of nitrogens with one attached hydrogen (secondary N) is 1. The van der Waals surface area contributed by atoms with E-state index in [4.69, 9.17) is 16.3 Å². The quantitative estimate of drug-likeness (QED) is 0.870. The number of methoxy groups -OCH3 is 1. The first kappa shape index (κ1) is 12.3. The van der Waals surface area contributed by atoms with Crippen LogP contribution in [0.1, 0.15) is 5.56 Å². The summed E-state index contributed by atoms with van der Waals surface area (Å²) in [5.74, 6) is 0.291. The Balaban J connectivity index is 3.09. The largest absolute Gasteiger partial charge is 0.495 e. The van der Waals surface area contributed by atoms with Gasteiger partial charge in [-0.05, 0) is 24.6 Å². The molecule has 3 nitrogen and oxygen atoms in total. The molecule has 0 aliphatic heterocycles. The summed E-state index contributed by atoms with van der Waals surface area (Å²) >= 11 is 8.77. The van der Waals surface area contributed by atoms with Crippen LogP contribution in [0.25, 0.3) is 0 Å². The third kappa shape index (κ3) is 3.11. The molecule has 0 aliphatic rings. The summed E-state index contributed by atoms with van der Waals surface area (Å²) in [6.45, 7) is 1.89. The number of hydrogen-bond donors (Lipinski definition) is 1. The Hall–Kier alpha value is -0.740. The van der Waals surface area contributed by atoms with E-state index in [0.717, 1.165) is 10.0 Å². The van der Waals surface area contributed by atoms with E-state index in [1.54, 1.807) is 13.2 Å². The van der Waals surface area contributed by atoms with Crippen LogP contribution in [-0.4, -0.2) is 18.9 Å². The molecule has 0 radical (unpaired) electrons. The Morgan fingerprint density at radius 1 is 1.60 bits per heavy atom. The van der Waals surface area contributed by atoms with Gasteiger partial charge in [0, 0.05) is 4.47 Å². The van der Waals surface area contributed by atoms with E-state index in [1.165, 1.54) is 0 Å². The molecule has 0 fully saturated rings. The van der Waals surface area contributed by atoms with Gasteiger partial charge in [-0.1, -0.05) is 15.9 Å². The number of hydrogen-bond acceptors (Lipinski definition) is 2. The van der Waals surface area contributed by atoms with Crippen molar-refractivity contribution >= 4 is 39.1 Å². The first-order valence-electron chi connectivity index (χ1n) is 4.28. The number of amides is 1. The summed E-state index contributed by atoms with van der Waals surface area (Å²) in [7, 11) is 1.55. The van der Waals surface area contributed by atoms with E-state index in [9.17, 15) is 4.79 Å². The summed E-state index contributed by atoms with van der Waals surface area (Å²) in [5, 5.41) is 2.69. The lowest BCUT2D eigenvalue weighted by molar-refractivity contribution is -0.113. The highest BCUT2D eigenvalue weighted by molar-refractivity contribution is 9.10. The topological polar surface area (TPSA) is 38.3 Å². The SMILES string of the molecule is COc1cc(Br)cc(C)c1NC(=O)CCl. The zero-order valence-corrected chi connectivity index (χ0v) is 10.8. The molecule has 0 saturated carbocycles. The zero-order chi connectivity index (χ0) is 11.4. The van der Waals surface area contributed by atoms with Crippen molar-refractivity contribution in [1.29, 1.82) is 0 Å². The van der Waals surface area contributed by atoms with E-state index < -0.39 is 0 Å². The second-order valence-electron chi connectivity index (χ2n) is 2.98. The minimum Gasteiger partial charge on any atom is -0.495 e. The molecule has 0 unspecified atom stereocenters. The Labute approximate surface area is 102 Å². The number of alkyl halides is 1. The van der Waals surface area contributed by atoms with Crippen LogP contribution in [0.4, 0.5) is 5.69 Å². The fraction of sp³-hybridized carbons (Fsp3) is 0.300. The average molecular weight is 293 g/mol. The summed E-state index contributed by atoms with van der Waals surface area (Å²) < 4.78 is 6.07. The highest BCUT2D eigenvalue weighted by atomic mass is 79.9. The van der Waals surface area contributed by atoms with Gasteiger partial charge in [-0.15, -0.1) is 11.6 Å². The van der Waals surface area contributed by atoms with Crippen molar-refractivity contribution in [3.8, 4) is 5.75 Å².